The number of rotatable bonds is 4. The molecule has 0 unspecified atom stereocenters. The minimum atomic E-state index is -1.40. The van der Waals surface area contributed by atoms with Crippen LogP contribution in [-0.4, -0.2) is 79.1 Å². The minimum absolute atomic E-state index is 0.00986. The van der Waals surface area contributed by atoms with E-state index in [1.54, 1.807) is 4.90 Å². The first-order valence-corrected chi connectivity index (χ1v) is 10.3. The van der Waals surface area contributed by atoms with Gasteiger partial charge in [-0.2, -0.15) is 0 Å². The van der Waals surface area contributed by atoms with E-state index in [1.807, 2.05) is 0 Å². The first kappa shape index (κ1) is 24.4. The van der Waals surface area contributed by atoms with Gasteiger partial charge in [0, 0.05) is 37.8 Å². The van der Waals surface area contributed by atoms with E-state index in [0.29, 0.717) is 19.1 Å². The Balaban J connectivity index is 0.000000215. The number of amides is 1. The number of carboxylic acid groups (broad SMARTS) is 1. The Hall–Kier alpha value is -4.26. The van der Waals surface area contributed by atoms with Gasteiger partial charge >= 0.3 is 17.3 Å². The van der Waals surface area contributed by atoms with Crippen molar-refractivity contribution in [2.75, 3.05) is 26.2 Å². The van der Waals surface area contributed by atoms with Gasteiger partial charge in [0.25, 0.3) is 5.91 Å². The van der Waals surface area contributed by atoms with E-state index in [9.17, 15) is 34.9 Å². The number of nitrogens with zero attached hydrogens (tertiary/aromatic N) is 4. The Morgan fingerprint density at radius 1 is 0.882 bits per heavy atom. The molecular weight excluding hydrogens is 452 g/mol. The number of benzene rings is 2. The van der Waals surface area contributed by atoms with Gasteiger partial charge in [0.2, 0.25) is 11.5 Å². The summed E-state index contributed by atoms with van der Waals surface area (Å²) in [7, 11) is 0. The van der Waals surface area contributed by atoms with Crippen molar-refractivity contribution in [3.63, 3.8) is 0 Å². The van der Waals surface area contributed by atoms with Gasteiger partial charge in [-0.1, -0.05) is 12.1 Å². The van der Waals surface area contributed by atoms with Crippen molar-refractivity contribution >= 4 is 23.3 Å². The number of phenols is 2. The first-order chi connectivity index (χ1) is 16.1. The Morgan fingerprint density at radius 2 is 1.44 bits per heavy atom. The monoisotopic (exact) mass is 474 g/mol. The van der Waals surface area contributed by atoms with E-state index in [-0.39, 0.29) is 11.5 Å². The standard InChI is InChI=1S/C14H17N3O4.C7H5NO5/c18-13-11(4-1-5-12(13)17(20)21)14(19)16-8-7-15-6-2-3-10(15)9-16;9-6-4(7(10)11)2-1-3-5(6)8(12)13/h1,4-5,10,18H,2-3,6-9H2;1-3,9H,(H,10,11)/t10-;/m0./s1. The molecule has 2 heterocycles. The van der Waals surface area contributed by atoms with Gasteiger partial charge in [0.15, 0.2) is 0 Å². The minimum Gasteiger partial charge on any atom is -0.502 e. The number of carbonyl (C=O) groups is 2. The number of aromatic hydroxyl groups is 2. The second-order valence-corrected chi connectivity index (χ2v) is 7.75. The fourth-order valence-corrected chi connectivity index (χ4v) is 4.05. The number of para-hydroxylation sites is 2. The molecule has 0 aromatic heterocycles. The number of hydrogen-bond acceptors (Lipinski definition) is 9. The van der Waals surface area contributed by atoms with Crippen molar-refractivity contribution < 1.29 is 34.8 Å². The molecular formula is C21H22N4O9. The summed E-state index contributed by atoms with van der Waals surface area (Å²) >= 11 is 0. The number of aromatic carboxylic acids is 1. The average Bonchev–Trinajstić information content (AvgIpc) is 3.26. The van der Waals surface area contributed by atoms with Crippen molar-refractivity contribution in [1.29, 1.82) is 0 Å². The number of carbonyl (C=O) groups excluding carboxylic acids is 1. The van der Waals surface area contributed by atoms with Crippen LogP contribution in [-0.2, 0) is 0 Å². The quantitative estimate of drug-likeness (QED) is 0.438. The van der Waals surface area contributed by atoms with Gasteiger partial charge < -0.3 is 20.2 Å². The summed E-state index contributed by atoms with van der Waals surface area (Å²) in [6, 6.07) is 7.75. The lowest BCUT2D eigenvalue weighted by atomic mass is 10.1. The fourth-order valence-electron chi connectivity index (χ4n) is 4.05. The van der Waals surface area contributed by atoms with Crippen LogP contribution in [0.2, 0.25) is 0 Å². The summed E-state index contributed by atoms with van der Waals surface area (Å²) in [4.78, 5) is 46.5. The van der Waals surface area contributed by atoms with Crippen LogP contribution >= 0.6 is 0 Å². The zero-order valence-electron chi connectivity index (χ0n) is 17.9. The lowest BCUT2D eigenvalue weighted by Gasteiger charge is -2.37. The Labute approximate surface area is 192 Å². The molecule has 2 aromatic carbocycles. The molecule has 3 N–H and O–H groups in total. The molecule has 2 aliphatic rings. The van der Waals surface area contributed by atoms with Crippen LogP contribution < -0.4 is 0 Å². The molecule has 2 saturated heterocycles. The SMILES string of the molecule is O=C(O)c1cccc([N+](=O)[O-])c1O.O=C(c1cccc([N+](=O)[O-])c1O)N1CCN2CCC[C@H]2C1. The number of piperazine rings is 1. The number of fused-ring (bicyclic) bond motifs is 1. The van der Waals surface area contributed by atoms with Crippen molar-refractivity contribution in [3.05, 3.63) is 67.8 Å². The van der Waals surface area contributed by atoms with Gasteiger partial charge in [-0.15, -0.1) is 0 Å². The van der Waals surface area contributed by atoms with Crippen LogP contribution in [0, 0.1) is 20.2 Å². The van der Waals surface area contributed by atoms with E-state index in [2.05, 4.69) is 4.90 Å². The first-order valence-electron chi connectivity index (χ1n) is 10.3. The Bertz CT molecular complexity index is 1100. The van der Waals surface area contributed by atoms with E-state index in [4.69, 9.17) is 10.2 Å². The highest BCUT2D eigenvalue weighted by Gasteiger charge is 2.34. The molecule has 0 saturated carbocycles. The summed E-state index contributed by atoms with van der Waals surface area (Å²) in [5.41, 5.74) is -1.51. The highest BCUT2D eigenvalue weighted by molar-refractivity contribution is 5.98. The smallest absolute Gasteiger partial charge is 0.339 e. The molecule has 13 heteroatoms. The Kier molecular flexibility index (Phi) is 7.26. The number of nitro groups is 2. The largest absolute Gasteiger partial charge is 0.502 e. The zero-order valence-corrected chi connectivity index (χ0v) is 17.9. The number of carboxylic acids is 1. The fraction of sp³-hybridized carbons (Fsp3) is 0.333. The Morgan fingerprint density at radius 3 is 2.00 bits per heavy atom. The molecule has 2 aromatic rings. The molecule has 1 atom stereocenters. The van der Waals surface area contributed by atoms with Gasteiger partial charge in [-0.3, -0.25) is 29.9 Å². The molecule has 13 nitrogen and oxygen atoms in total. The molecule has 0 radical (unpaired) electrons. The van der Waals surface area contributed by atoms with E-state index in [1.165, 1.54) is 24.3 Å². The van der Waals surface area contributed by atoms with Gasteiger partial charge in [0.05, 0.1) is 15.4 Å². The highest BCUT2D eigenvalue weighted by Crippen LogP contribution is 2.31. The third-order valence-electron chi connectivity index (χ3n) is 5.76. The normalized spacial score (nSPS) is 17.3. The highest BCUT2D eigenvalue weighted by atomic mass is 16.6. The maximum atomic E-state index is 12.5. The predicted molar refractivity (Wildman–Crippen MR) is 117 cm³/mol. The molecule has 1 amide bonds. The predicted octanol–water partition coefficient (Wildman–Crippen LogP) is 2.22. The summed E-state index contributed by atoms with van der Waals surface area (Å²) in [6.07, 6.45) is 2.22. The van der Waals surface area contributed by atoms with Crippen LogP contribution in [0.5, 0.6) is 11.5 Å². The van der Waals surface area contributed by atoms with Gasteiger partial charge in [-0.05, 0) is 31.5 Å². The zero-order chi connectivity index (χ0) is 25.0. The average molecular weight is 474 g/mol. The van der Waals surface area contributed by atoms with Crippen molar-refractivity contribution in [3.8, 4) is 11.5 Å². The van der Waals surface area contributed by atoms with Crippen molar-refractivity contribution in [1.82, 2.24) is 9.80 Å². The summed E-state index contributed by atoms with van der Waals surface area (Å²) < 4.78 is 0. The number of phenolic OH excluding ortho intramolecular Hbond substituents is 1. The van der Waals surface area contributed by atoms with Gasteiger partial charge in [-0.25, -0.2) is 4.79 Å². The molecule has 2 aliphatic heterocycles. The summed E-state index contributed by atoms with van der Waals surface area (Å²) in [6.45, 7) is 3.12. The summed E-state index contributed by atoms with van der Waals surface area (Å²) in [5, 5.41) is 48.6. The van der Waals surface area contributed by atoms with Crippen LogP contribution in [0.25, 0.3) is 0 Å². The second kappa shape index (κ2) is 10.1. The van der Waals surface area contributed by atoms with Crippen LogP contribution in [0.15, 0.2) is 36.4 Å². The second-order valence-electron chi connectivity index (χ2n) is 7.75. The molecule has 0 bridgehead atoms. The molecule has 34 heavy (non-hydrogen) atoms. The van der Waals surface area contributed by atoms with Crippen LogP contribution in [0.3, 0.4) is 0 Å². The molecule has 0 spiro atoms. The third-order valence-corrected chi connectivity index (χ3v) is 5.76. The van der Waals surface area contributed by atoms with E-state index < -0.39 is 44.3 Å². The van der Waals surface area contributed by atoms with E-state index in [0.717, 1.165) is 38.1 Å². The molecule has 4 rings (SSSR count). The molecule has 0 aliphatic carbocycles. The molecule has 180 valence electrons. The van der Waals surface area contributed by atoms with Gasteiger partial charge in [0.1, 0.15) is 5.56 Å². The number of hydrogen-bond donors (Lipinski definition) is 3. The third kappa shape index (κ3) is 5.04. The lowest BCUT2D eigenvalue weighted by molar-refractivity contribution is -0.386. The van der Waals surface area contributed by atoms with Crippen LogP contribution in [0.1, 0.15) is 33.6 Å². The van der Waals surface area contributed by atoms with Crippen molar-refractivity contribution in [2.45, 2.75) is 18.9 Å². The summed E-state index contributed by atoms with van der Waals surface area (Å²) in [5.74, 6) is -3.09. The maximum absolute atomic E-state index is 12.5. The topological polar surface area (TPSA) is 188 Å². The van der Waals surface area contributed by atoms with E-state index >= 15 is 0 Å². The molecule has 2 fully saturated rings. The number of nitro benzene ring substituents is 2. The van der Waals surface area contributed by atoms with Crippen LogP contribution in [0.4, 0.5) is 11.4 Å². The maximum Gasteiger partial charge on any atom is 0.339 e. The lowest BCUT2D eigenvalue weighted by Crippen LogP contribution is -2.52. The van der Waals surface area contributed by atoms with Crippen molar-refractivity contribution in [2.24, 2.45) is 0 Å².